The van der Waals surface area contributed by atoms with Gasteiger partial charge in [-0.2, -0.15) is 4.39 Å². The van der Waals surface area contributed by atoms with E-state index in [2.05, 4.69) is 9.97 Å². The van der Waals surface area contributed by atoms with Crippen LogP contribution in [0.5, 0.6) is 0 Å². The van der Waals surface area contributed by atoms with E-state index in [-0.39, 0.29) is 11.7 Å². The molecule has 0 radical (unpaired) electrons. The summed E-state index contributed by atoms with van der Waals surface area (Å²) in [5, 5.41) is 10.7. The van der Waals surface area contributed by atoms with Crippen molar-refractivity contribution in [1.29, 1.82) is 0 Å². The van der Waals surface area contributed by atoms with Gasteiger partial charge in [0, 0.05) is 37.5 Å². The Morgan fingerprint density at radius 3 is 2.68 bits per heavy atom. The largest absolute Gasteiger partial charge is 0.630 e. The van der Waals surface area contributed by atoms with E-state index in [0.717, 1.165) is 6.07 Å². The lowest BCUT2D eigenvalue weighted by atomic mass is 10.3. The number of nitrogens with zero attached hydrogens (tertiary/aromatic N) is 3. The fourth-order valence-corrected chi connectivity index (χ4v) is 1.64. The predicted octanol–water partition coefficient (Wildman–Crippen LogP) is 0.993. The molecule has 0 unspecified atom stereocenters. The molecule has 2 heterocycles. The molecule has 0 aromatic carbocycles. The Balaban J connectivity index is 2.48. The third-order valence-electron chi connectivity index (χ3n) is 2.42. The van der Waals surface area contributed by atoms with Crippen LogP contribution in [0.1, 0.15) is 6.92 Å². The first kappa shape index (κ1) is 13.1. The lowest BCUT2D eigenvalue weighted by Crippen LogP contribution is -2.70. The molecule has 0 aliphatic carbocycles. The average molecular weight is 262 g/mol. The van der Waals surface area contributed by atoms with Gasteiger partial charge in [-0.25, -0.2) is 9.97 Å². The Kier molecular flexibility index (Phi) is 3.79. The fourth-order valence-electron chi connectivity index (χ4n) is 1.64. The van der Waals surface area contributed by atoms with Crippen molar-refractivity contribution in [3.8, 4) is 0 Å². The Hall–Kier alpha value is -2.38. The van der Waals surface area contributed by atoms with Crippen molar-refractivity contribution in [2.75, 3.05) is 4.90 Å². The van der Waals surface area contributed by atoms with Gasteiger partial charge in [0.15, 0.2) is 0 Å². The van der Waals surface area contributed by atoms with Crippen molar-refractivity contribution in [3.63, 3.8) is 0 Å². The quantitative estimate of drug-likeness (QED) is 0.660. The number of carbonyl (C=O) groups is 1. The number of aromatic nitrogens is 2. The molecule has 1 amide bonds. The normalized spacial score (nSPS) is 10.3. The maximum atomic E-state index is 13.1. The standard InChI is InChI=1S/C12H11FN4O2/c1-8(18)17(10-3-5-14-11(13)7-10)12-6-9(16-19)2-4-15-12/h2-7H,16H2,1H3. The zero-order valence-corrected chi connectivity index (χ0v) is 10.1. The molecular weight excluding hydrogens is 251 g/mol. The summed E-state index contributed by atoms with van der Waals surface area (Å²) in [6.07, 6.45) is 2.66. The summed E-state index contributed by atoms with van der Waals surface area (Å²) < 4.78 is 13.1. The monoisotopic (exact) mass is 262 g/mol. The van der Waals surface area contributed by atoms with Crippen LogP contribution in [-0.4, -0.2) is 15.9 Å². The van der Waals surface area contributed by atoms with Crippen LogP contribution in [0.2, 0.25) is 0 Å². The van der Waals surface area contributed by atoms with Crippen LogP contribution in [0, 0.1) is 11.2 Å². The molecule has 0 atom stereocenters. The Bertz CT molecular complexity index is 606. The van der Waals surface area contributed by atoms with Gasteiger partial charge in [-0.05, 0) is 6.07 Å². The van der Waals surface area contributed by atoms with E-state index in [9.17, 15) is 14.4 Å². The van der Waals surface area contributed by atoms with Crippen LogP contribution in [0.3, 0.4) is 0 Å². The van der Waals surface area contributed by atoms with Crippen molar-refractivity contribution >= 4 is 23.1 Å². The van der Waals surface area contributed by atoms with E-state index < -0.39 is 5.95 Å². The summed E-state index contributed by atoms with van der Waals surface area (Å²) in [5.41, 5.74) is 1.33. The summed E-state index contributed by atoms with van der Waals surface area (Å²) >= 11 is 0. The topological polar surface area (TPSA) is 85.8 Å². The van der Waals surface area contributed by atoms with Crippen LogP contribution < -0.4 is 10.4 Å². The molecule has 0 saturated heterocycles. The molecule has 6 nitrogen and oxygen atoms in total. The first-order chi connectivity index (χ1) is 9.11. The number of anilines is 2. The van der Waals surface area contributed by atoms with E-state index in [1.54, 1.807) is 0 Å². The maximum absolute atomic E-state index is 13.1. The van der Waals surface area contributed by atoms with Gasteiger partial charge in [-0.3, -0.25) is 9.69 Å². The molecule has 2 aromatic rings. The molecule has 2 N–H and O–H groups in total. The van der Waals surface area contributed by atoms with Crippen LogP contribution >= 0.6 is 0 Å². The van der Waals surface area contributed by atoms with Crippen molar-refractivity contribution in [2.24, 2.45) is 0 Å². The zero-order chi connectivity index (χ0) is 13.8. The van der Waals surface area contributed by atoms with Crippen LogP contribution in [0.25, 0.3) is 0 Å². The van der Waals surface area contributed by atoms with Crippen LogP contribution in [-0.2, 0) is 4.79 Å². The van der Waals surface area contributed by atoms with Gasteiger partial charge in [0.1, 0.15) is 11.5 Å². The molecule has 0 saturated carbocycles. The molecule has 98 valence electrons. The van der Waals surface area contributed by atoms with Gasteiger partial charge in [-0.15, -0.1) is 0 Å². The second kappa shape index (κ2) is 5.51. The molecule has 19 heavy (non-hydrogen) atoms. The van der Waals surface area contributed by atoms with E-state index in [1.807, 2.05) is 0 Å². The lowest BCUT2D eigenvalue weighted by Gasteiger charge is -2.20. The number of quaternary nitrogens is 1. The highest BCUT2D eigenvalue weighted by Gasteiger charge is 2.17. The summed E-state index contributed by atoms with van der Waals surface area (Å²) in [6, 6.07) is 5.57. The van der Waals surface area contributed by atoms with Gasteiger partial charge >= 0.3 is 0 Å². The van der Waals surface area contributed by atoms with Gasteiger partial charge < -0.3 is 10.7 Å². The van der Waals surface area contributed by atoms with Crippen LogP contribution in [0.15, 0.2) is 36.7 Å². The summed E-state index contributed by atoms with van der Waals surface area (Å²) in [7, 11) is 0. The van der Waals surface area contributed by atoms with E-state index in [1.165, 1.54) is 42.4 Å². The van der Waals surface area contributed by atoms with Gasteiger partial charge in [-0.1, -0.05) is 0 Å². The molecule has 0 fully saturated rings. The fraction of sp³-hybridized carbons (Fsp3) is 0.0833. The minimum atomic E-state index is -0.699. The number of pyridine rings is 2. The minimum absolute atomic E-state index is 0.253. The van der Waals surface area contributed by atoms with E-state index in [0.29, 0.717) is 16.9 Å². The smallest absolute Gasteiger partial charge is 0.229 e. The second-order valence-corrected chi connectivity index (χ2v) is 3.76. The number of hydrogen-bond acceptors (Lipinski definition) is 4. The number of carbonyl (C=O) groups excluding carboxylic acids is 1. The first-order valence-electron chi connectivity index (χ1n) is 5.45. The van der Waals surface area contributed by atoms with Gasteiger partial charge in [0.25, 0.3) is 0 Å². The first-order valence-corrected chi connectivity index (χ1v) is 5.45. The SMILES string of the molecule is CC(=O)N(c1ccnc(F)c1)c1cc([NH2+][O-])ccn1. The molecule has 2 aromatic heterocycles. The van der Waals surface area contributed by atoms with Crippen molar-refractivity contribution < 1.29 is 14.7 Å². The van der Waals surface area contributed by atoms with E-state index in [4.69, 9.17) is 0 Å². The summed E-state index contributed by atoms with van der Waals surface area (Å²) in [6.45, 7) is 1.33. The molecule has 0 bridgehead atoms. The maximum Gasteiger partial charge on any atom is 0.229 e. The second-order valence-electron chi connectivity index (χ2n) is 3.76. The Morgan fingerprint density at radius 1 is 1.32 bits per heavy atom. The average Bonchev–Trinajstić information content (AvgIpc) is 2.39. The van der Waals surface area contributed by atoms with Crippen LogP contribution in [0.4, 0.5) is 21.6 Å². The van der Waals surface area contributed by atoms with E-state index >= 15 is 0 Å². The van der Waals surface area contributed by atoms with Gasteiger partial charge in [0.2, 0.25) is 11.9 Å². The minimum Gasteiger partial charge on any atom is -0.630 e. The molecule has 0 aliphatic rings. The molecular formula is C12H11FN4O2. The molecule has 7 heteroatoms. The van der Waals surface area contributed by atoms with Crippen molar-refractivity contribution in [3.05, 3.63) is 47.8 Å². The number of nitrogens with two attached hydrogens (primary N) is 1. The van der Waals surface area contributed by atoms with Crippen molar-refractivity contribution in [1.82, 2.24) is 9.97 Å². The highest BCUT2D eigenvalue weighted by atomic mass is 19.1. The Morgan fingerprint density at radius 2 is 2.05 bits per heavy atom. The number of amides is 1. The lowest BCUT2D eigenvalue weighted by molar-refractivity contribution is -0.497. The summed E-state index contributed by atoms with van der Waals surface area (Å²) in [5.74, 6) is -0.792. The molecule has 2 rings (SSSR count). The third-order valence-corrected chi connectivity index (χ3v) is 2.42. The molecule has 0 spiro atoms. The zero-order valence-electron chi connectivity index (χ0n) is 10.1. The van der Waals surface area contributed by atoms with Gasteiger partial charge in [0.05, 0.1) is 5.69 Å². The number of rotatable bonds is 3. The third kappa shape index (κ3) is 2.90. The Labute approximate surface area is 108 Å². The summed E-state index contributed by atoms with van der Waals surface area (Å²) in [4.78, 5) is 20.4. The predicted molar refractivity (Wildman–Crippen MR) is 66.2 cm³/mol. The van der Waals surface area contributed by atoms with Crippen molar-refractivity contribution in [2.45, 2.75) is 6.92 Å². The highest BCUT2D eigenvalue weighted by Crippen LogP contribution is 2.24. The molecule has 0 aliphatic heterocycles. The highest BCUT2D eigenvalue weighted by molar-refractivity contribution is 5.98. The number of hydrogen-bond donors (Lipinski definition) is 1. The number of halogens is 1.